The second-order valence-electron chi connectivity index (χ2n) is 5.48. The van der Waals surface area contributed by atoms with Gasteiger partial charge < -0.3 is 15.0 Å². The predicted molar refractivity (Wildman–Crippen MR) is 90.5 cm³/mol. The quantitative estimate of drug-likeness (QED) is 0.582. The third-order valence-electron chi connectivity index (χ3n) is 3.88. The number of primary amides is 1. The van der Waals surface area contributed by atoms with Crippen LogP contribution in [0.1, 0.15) is 6.92 Å². The van der Waals surface area contributed by atoms with E-state index in [1.807, 2.05) is 0 Å². The van der Waals surface area contributed by atoms with Crippen LogP contribution < -0.4 is 11.2 Å². The fraction of sp³-hybridized carbons (Fsp3) is 0.167. The zero-order valence-electron chi connectivity index (χ0n) is 13.1. The van der Waals surface area contributed by atoms with Crippen LogP contribution in [0.3, 0.4) is 0 Å². The number of esters is 1. The Morgan fingerprint density at radius 2 is 1.54 bits per heavy atom. The molecule has 1 heterocycles. The molecule has 0 aliphatic carbocycles. The average Bonchev–Trinajstić information content (AvgIpc) is 2.58. The molecule has 6 nitrogen and oxygen atoms in total. The molecule has 0 aliphatic rings. The summed E-state index contributed by atoms with van der Waals surface area (Å²) in [6.07, 6.45) is -1.01. The van der Waals surface area contributed by atoms with Crippen LogP contribution in [0.2, 0.25) is 0 Å². The molecule has 3 rings (SSSR count). The molecule has 0 aliphatic heterocycles. The number of carbonyl (C=O) groups excluding carboxylic acids is 2. The molecule has 3 aromatic rings. The summed E-state index contributed by atoms with van der Waals surface area (Å²) < 4.78 is 6.74. The van der Waals surface area contributed by atoms with Crippen molar-refractivity contribution in [2.75, 3.05) is 0 Å². The number of amides is 1. The first-order chi connectivity index (χ1) is 11.5. The number of para-hydroxylation sites is 2. The number of nitrogens with zero attached hydrogens (tertiary/aromatic N) is 1. The second-order valence-corrected chi connectivity index (χ2v) is 5.48. The summed E-state index contributed by atoms with van der Waals surface area (Å²) in [6.45, 7) is 1.29. The largest absolute Gasteiger partial charge is 0.451 e. The number of rotatable bonds is 4. The Morgan fingerprint density at radius 3 is 2.04 bits per heavy atom. The third kappa shape index (κ3) is 2.74. The average molecular weight is 324 g/mol. The maximum atomic E-state index is 12.6. The molecule has 0 saturated heterocycles. The Balaban J connectivity index is 2.15. The highest BCUT2D eigenvalue weighted by Crippen LogP contribution is 2.19. The van der Waals surface area contributed by atoms with Gasteiger partial charge in [0.25, 0.3) is 5.91 Å². The summed E-state index contributed by atoms with van der Waals surface area (Å²) in [5.41, 5.74) is 6.29. The Labute approximate surface area is 137 Å². The number of hydrogen-bond acceptors (Lipinski definition) is 4. The van der Waals surface area contributed by atoms with Crippen molar-refractivity contribution in [2.24, 2.45) is 5.73 Å². The van der Waals surface area contributed by atoms with Gasteiger partial charge in [-0.2, -0.15) is 0 Å². The molecule has 1 unspecified atom stereocenters. The van der Waals surface area contributed by atoms with Crippen molar-refractivity contribution in [1.29, 1.82) is 0 Å². The van der Waals surface area contributed by atoms with Crippen LogP contribution in [0.15, 0.2) is 53.3 Å². The monoisotopic (exact) mass is 324 g/mol. The molecular weight excluding hydrogens is 308 g/mol. The fourth-order valence-electron chi connectivity index (χ4n) is 2.67. The van der Waals surface area contributed by atoms with Gasteiger partial charge in [-0.15, -0.1) is 0 Å². The molecule has 0 saturated carbocycles. The Hall–Kier alpha value is -3.15. The molecule has 1 atom stereocenters. The maximum Gasteiger partial charge on any atom is 0.326 e. The number of aromatic nitrogens is 1. The van der Waals surface area contributed by atoms with Crippen LogP contribution in [0.5, 0.6) is 0 Å². The van der Waals surface area contributed by atoms with E-state index in [9.17, 15) is 14.4 Å². The van der Waals surface area contributed by atoms with Crippen molar-refractivity contribution >= 4 is 33.7 Å². The lowest BCUT2D eigenvalue weighted by Crippen LogP contribution is -2.31. The summed E-state index contributed by atoms with van der Waals surface area (Å²) in [4.78, 5) is 35.8. The van der Waals surface area contributed by atoms with E-state index in [0.717, 1.165) is 0 Å². The van der Waals surface area contributed by atoms with E-state index < -0.39 is 18.0 Å². The molecule has 122 valence electrons. The van der Waals surface area contributed by atoms with Gasteiger partial charge in [-0.25, -0.2) is 0 Å². The van der Waals surface area contributed by atoms with Gasteiger partial charge in [-0.05, 0) is 31.2 Å². The highest BCUT2D eigenvalue weighted by molar-refractivity contribution is 5.94. The van der Waals surface area contributed by atoms with Crippen LogP contribution in [-0.2, 0) is 20.9 Å². The van der Waals surface area contributed by atoms with Gasteiger partial charge in [0, 0.05) is 10.8 Å². The zero-order valence-corrected chi connectivity index (χ0v) is 13.1. The van der Waals surface area contributed by atoms with E-state index in [4.69, 9.17) is 10.5 Å². The number of hydrogen-bond donors (Lipinski definition) is 1. The van der Waals surface area contributed by atoms with Gasteiger partial charge in [0.1, 0.15) is 6.54 Å². The van der Waals surface area contributed by atoms with Crippen molar-refractivity contribution < 1.29 is 14.3 Å². The molecule has 24 heavy (non-hydrogen) atoms. The third-order valence-corrected chi connectivity index (χ3v) is 3.88. The molecule has 0 spiro atoms. The molecule has 0 bridgehead atoms. The van der Waals surface area contributed by atoms with Gasteiger partial charge in [0.2, 0.25) is 0 Å². The minimum Gasteiger partial charge on any atom is -0.451 e. The minimum atomic E-state index is -1.01. The van der Waals surface area contributed by atoms with E-state index in [0.29, 0.717) is 21.8 Å². The molecule has 1 aromatic heterocycles. The lowest BCUT2D eigenvalue weighted by Gasteiger charge is -2.16. The normalized spacial score (nSPS) is 12.2. The van der Waals surface area contributed by atoms with Crippen LogP contribution in [0.25, 0.3) is 21.8 Å². The molecule has 2 N–H and O–H groups in total. The molecule has 6 heteroatoms. The van der Waals surface area contributed by atoms with Gasteiger partial charge in [-0.1, -0.05) is 24.3 Å². The highest BCUT2D eigenvalue weighted by Gasteiger charge is 2.17. The number of fused-ring (bicyclic) bond motifs is 2. The SMILES string of the molecule is CC(OC(=O)Cn1c2ccccc2c(=O)c2ccccc21)C(N)=O. The van der Waals surface area contributed by atoms with Crippen molar-refractivity contribution in [3.8, 4) is 0 Å². The van der Waals surface area contributed by atoms with E-state index >= 15 is 0 Å². The molecule has 0 radical (unpaired) electrons. The van der Waals surface area contributed by atoms with Crippen LogP contribution in [0, 0.1) is 0 Å². The first-order valence-electron chi connectivity index (χ1n) is 7.48. The Kier molecular flexibility index (Phi) is 4.04. The molecular formula is C18H16N2O4. The second kappa shape index (κ2) is 6.16. The molecule has 2 aromatic carbocycles. The van der Waals surface area contributed by atoms with Crippen molar-refractivity contribution in [1.82, 2.24) is 4.57 Å². The summed E-state index contributed by atoms with van der Waals surface area (Å²) in [5.74, 6) is -1.31. The van der Waals surface area contributed by atoms with Crippen LogP contribution in [0.4, 0.5) is 0 Å². The summed E-state index contributed by atoms with van der Waals surface area (Å²) >= 11 is 0. The topological polar surface area (TPSA) is 91.4 Å². The number of nitrogens with two attached hydrogens (primary N) is 1. The van der Waals surface area contributed by atoms with Gasteiger partial charge in [0.05, 0.1) is 11.0 Å². The summed E-state index contributed by atoms with van der Waals surface area (Å²) in [7, 11) is 0. The number of pyridine rings is 1. The Morgan fingerprint density at radius 1 is 1.04 bits per heavy atom. The van der Waals surface area contributed by atoms with Gasteiger partial charge in [0.15, 0.2) is 11.5 Å². The first kappa shape index (κ1) is 15.7. The fourth-order valence-corrected chi connectivity index (χ4v) is 2.67. The summed E-state index contributed by atoms with van der Waals surface area (Å²) in [6, 6.07) is 14.1. The van der Waals surface area contributed by atoms with Crippen LogP contribution in [-0.4, -0.2) is 22.5 Å². The standard InChI is InChI=1S/C18H16N2O4/c1-11(18(19)23)24-16(21)10-20-14-8-4-2-6-12(14)17(22)13-7-3-5-9-15(13)20/h2-9,11H,10H2,1H3,(H2,19,23). The van der Waals surface area contributed by atoms with Crippen molar-refractivity contribution in [3.05, 3.63) is 58.8 Å². The van der Waals surface area contributed by atoms with E-state index in [1.54, 1.807) is 53.1 Å². The number of carbonyl (C=O) groups is 2. The predicted octanol–water partition coefficient (Wildman–Crippen LogP) is 1.57. The molecule has 1 amide bonds. The van der Waals surface area contributed by atoms with Gasteiger partial charge >= 0.3 is 5.97 Å². The van der Waals surface area contributed by atoms with E-state index in [-0.39, 0.29) is 12.0 Å². The van der Waals surface area contributed by atoms with Crippen molar-refractivity contribution in [3.63, 3.8) is 0 Å². The maximum absolute atomic E-state index is 12.6. The van der Waals surface area contributed by atoms with Crippen molar-refractivity contribution in [2.45, 2.75) is 19.6 Å². The van der Waals surface area contributed by atoms with Gasteiger partial charge in [-0.3, -0.25) is 14.4 Å². The number of benzene rings is 2. The molecule has 0 fully saturated rings. The van der Waals surface area contributed by atoms with E-state index in [1.165, 1.54) is 6.92 Å². The highest BCUT2D eigenvalue weighted by atomic mass is 16.5. The lowest BCUT2D eigenvalue weighted by atomic mass is 10.1. The first-order valence-corrected chi connectivity index (χ1v) is 7.48. The van der Waals surface area contributed by atoms with Crippen LogP contribution >= 0.6 is 0 Å². The smallest absolute Gasteiger partial charge is 0.326 e. The number of ether oxygens (including phenoxy) is 1. The minimum absolute atomic E-state index is 0.0867. The van der Waals surface area contributed by atoms with E-state index in [2.05, 4.69) is 0 Å². The Bertz CT molecular complexity index is 947. The summed E-state index contributed by atoms with van der Waals surface area (Å²) in [5, 5.41) is 1.04. The lowest BCUT2D eigenvalue weighted by molar-refractivity contribution is -0.154. The zero-order chi connectivity index (χ0) is 17.3.